The molecule has 1 nitrogen and oxygen atoms in total. The molecule has 1 heteroatoms. The Bertz CT molecular complexity index is 269. The lowest BCUT2D eigenvalue weighted by Gasteiger charge is -2.00. The third-order valence-electron chi connectivity index (χ3n) is 1.80. The van der Waals surface area contributed by atoms with Crippen LogP contribution in [0.15, 0.2) is 16.6 Å². The van der Waals surface area contributed by atoms with Gasteiger partial charge < -0.3 is 4.42 Å². The molecule has 0 spiro atoms. The lowest BCUT2D eigenvalue weighted by atomic mass is 10.1. The lowest BCUT2D eigenvalue weighted by molar-refractivity contribution is 0.482. The quantitative estimate of drug-likeness (QED) is 0.571. The van der Waals surface area contributed by atoms with E-state index in [-0.39, 0.29) is 0 Å². The van der Waals surface area contributed by atoms with Gasteiger partial charge in [-0.3, -0.25) is 0 Å². The molecule has 1 aliphatic rings. The molecule has 0 fully saturated rings. The van der Waals surface area contributed by atoms with Crippen LogP contribution in [-0.4, -0.2) is 0 Å². The molecule has 1 heterocycles. The highest BCUT2D eigenvalue weighted by atomic mass is 16.3. The number of rotatable bonds is 0. The average Bonchev–Trinajstić information content (AvgIpc) is 2.48. The Hall–Kier alpha value is -0.980. The molecule has 0 radical (unpaired) electrons. The van der Waals surface area contributed by atoms with Gasteiger partial charge in [-0.2, -0.15) is 0 Å². The van der Waals surface area contributed by atoms with Crippen molar-refractivity contribution in [2.45, 2.75) is 33.6 Å². The summed E-state index contributed by atoms with van der Waals surface area (Å²) in [6.45, 7) is 5.99. The Balaban J connectivity index is 0.000000336. The van der Waals surface area contributed by atoms with Gasteiger partial charge in [0.15, 0.2) is 0 Å². The monoisotopic (exact) mass is 164 g/mol. The van der Waals surface area contributed by atoms with Crippen LogP contribution in [0.5, 0.6) is 0 Å². The van der Waals surface area contributed by atoms with Crippen LogP contribution in [0.25, 0.3) is 6.08 Å². The predicted molar refractivity (Wildman–Crippen MR) is 52.1 cm³/mol. The Kier molecular flexibility index (Phi) is 3.15. The fraction of sp³-hybridized carbons (Fsp3) is 0.455. The largest absolute Gasteiger partial charge is 0.466 e. The second kappa shape index (κ2) is 4.15. The van der Waals surface area contributed by atoms with E-state index in [1.807, 2.05) is 20.8 Å². The highest BCUT2D eigenvalue weighted by Crippen LogP contribution is 2.21. The number of hydrogen-bond donors (Lipinski definition) is 0. The fourth-order valence-corrected chi connectivity index (χ4v) is 1.34. The van der Waals surface area contributed by atoms with Gasteiger partial charge in [0.05, 0.1) is 0 Å². The van der Waals surface area contributed by atoms with Gasteiger partial charge >= 0.3 is 0 Å². The maximum absolute atomic E-state index is 5.45. The van der Waals surface area contributed by atoms with E-state index >= 15 is 0 Å². The second-order valence-electron chi connectivity index (χ2n) is 2.68. The third-order valence-corrected chi connectivity index (χ3v) is 1.80. The van der Waals surface area contributed by atoms with E-state index in [0.717, 1.165) is 24.4 Å². The molecule has 1 aromatic heterocycles. The minimum atomic E-state index is 1.02. The van der Waals surface area contributed by atoms with E-state index in [0.29, 0.717) is 0 Å². The number of aryl methyl sites for hydroxylation is 2. The summed E-state index contributed by atoms with van der Waals surface area (Å²) in [6, 6.07) is 2.09. The van der Waals surface area contributed by atoms with E-state index in [1.54, 1.807) is 0 Å². The van der Waals surface area contributed by atoms with Crippen molar-refractivity contribution in [2.75, 3.05) is 0 Å². The van der Waals surface area contributed by atoms with E-state index in [2.05, 4.69) is 18.2 Å². The van der Waals surface area contributed by atoms with Crippen molar-refractivity contribution < 1.29 is 4.42 Å². The molecule has 0 unspecified atom stereocenters. The highest BCUT2D eigenvalue weighted by molar-refractivity contribution is 5.54. The van der Waals surface area contributed by atoms with Gasteiger partial charge in [0.25, 0.3) is 0 Å². The van der Waals surface area contributed by atoms with Crippen LogP contribution >= 0.6 is 0 Å². The molecule has 0 saturated heterocycles. The fourth-order valence-electron chi connectivity index (χ4n) is 1.34. The van der Waals surface area contributed by atoms with Gasteiger partial charge in [-0.25, -0.2) is 0 Å². The molecule has 2 rings (SSSR count). The topological polar surface area (TPSA) is 13.1 Å². The zero-order valence-corrected chi connectivity index (χ0v) is 8.05. The third kappa shape index (κ3) is 1.79. The molecule has 0 saturated carbocycles. The number of hydrogen-bond acceptors (Lipinski definition) is 1. The molecule has 66 valence electrons. The number of fused-ring (bicyclic) bond motifs is 1. The number of allylic oxidation sites excluding steroid dienone is 1. The Morgan fingerprint density at radius 2 is 2.08 bits per heavy atom. The van der Waals surface area contributed by atoms with Crippen LogP contribution in [-0.2, 0) is 6.42 Å². The number of furan rings is 1. The molecule has 0 aliphatic heterocycles. The second-order valence-corrected chi connectivity index (χ2v) is 2.68. The van der Waals surface area contributed by atoms with Crippen molar-refractivity contribution in [3.05, 3.63) is 29.2 Å². The molecular weight excluding hydrogens is 148 g/mol. The van der Waals surface area contributed by atoms with Gasteiger partial charge in [0.1, 0.15) is 11.5 Å². The first-order chi connectivity index (χ1) is 5.86. The average molecular weight is 164 g/mol. The summed E-state index contributed by atoms with van der Waals surface area (Å²) in [6.07, 6.45) is 6.52. The van der Waals surface area contributed by atoms with E-state index in [4.69, 9.17) is 4.42 Å². The van der Waals surface area contributed by atoms with Crippen molar-refractivity contribution in [1.82, 2.24) is 0 Å². The zero-order chi connectivity index (χ0) is 8.97. The molecule has 0 aromatic carbocycles. The van der Waals surface area contributed by atoms with Crippen molar-refractivity contribution >= 4 is 6.08 Å². The van der Waals surface area contributed by atoms with Gasteiger partial charge in [-0.05, 0) is 19.4 Å². The minimum Gasteiger partial charge on any atom is -0.466 e. The maximum atomic E-state index is 5.45. The summed E-state index contributed by atoms with van der Waals surface area (Å²) < 4.78 is 5.45. The molecule has 1 aromatic rings. The maximum Gasteiger partial charge on any atom is 0.111 e. The highest BCUT2D eigenvalue weighted by Gasteiger charge is 2.07. The van der Waals surface area contributed by atoms with Gasteiger partial charge in [0.2, 0.25) is 0 Å². The normalized spacial score (nSPS) is 13.2. The van der Waals surface area contributed by atoms with E-state index in [1.165, 1.54) is 5.56 Å². The molecule has 0 atom stereocenters. The summed E-state index contributed by atoms with van der Waals surface area (Å²) in [5.41, 5.74) is 1.27. The summed E-state index contributed by atoms with van der Waals surface area (Å²) in [5, 5.41) is 0. The van der Waals surface area contributed by atoms with Crippen LogP contribution in [0.1, 0.15) is 37.4 Å². The van der Waals surface area contributed by atoms with Crippen LogP contribution in [0.3, 0.4) is 0 Å². The van der Waals surface area contributed by atoms with E-state index < -0.39 is 0 Å². The smallest absolute Gasteiger partial charge is 0.111 e. The first-order valence-electron chi connectivity index (χ1n) is 4.62. The van der Waals surface area contributed by atoms with Crippen molar-refractivity contribution in [1.29, 1.82) is 0 Å². The molecule has 0 N–H and O–H groups in total. The van der Waals surface area contributed by atoms with Gasteiger partial charge in [0, 0.05) is 12.0 Å². The van der Waals surface area contributed by atoms with Crippen LogP contribution in [0, 0.1) is 6.92 Å². The lowest BCUT2D eigenvalue weighted by Crippen LogP contribution is -1.87. The Morgan fingerprint density at radius 3 is 2.75 bits per heavy atom. The molecular formula is C11H16O. The SMILES string of the molecule is CC.Cc1cc2c(o1)CCC=C2. The minimum absolute atomic E-state index is 1.02. The molecule has 1 aliphatic carbocycles. The summed E-state index contributed by atoms with van der Waals surface area (Å²) >= 11 is 0. The van der Waals surface area contributed by atoms with Crippen molar-refractivity contribution in [3.63, 3.8) is 0 Å². The van der Waals surface area contributed by atoms with Crippen molar-refractivity contribution in [3.8, 4) is 0 Å². The van der Waals surface area contributed by atoms with Crippen LogP contribution in [0.4, 0.5) is 0 Å². The van der Waals surface area contributed by atoms with Crippen LogP contribution in [0.2, 0.25) is 0 Å². The molecule has 12 heavy (non-hydrogen) atoms. The summed E-state index contributed by atoms with van der Waals surface area (Å²) in [4.78, 5) is 0. The van der Waals surface area contributed by atoms with Gasteiger partial charge in [-0.15, -0.1) is 0 Å². The Morgan fingerprint density at radius 1 is 1.33 bits per heavy atom. The first-order valence-corrected chi connectivity index (χ1v) is 4.62. The van der Waals surface area contributed by atoms with Crippen molar-refractivity contribution in [2.24, 2.45) is 0 Å². The summed E-state index contributed by atoms with van der Waals surface area (Å²) in [5.74, 6) is 2.18. The zero-order valence-electron chi connectivity index (χ0n) is 8.05. The summed E-state index contributed by atoms with van der Waals surface area (Å²) in [7, 11) is 0. The molecule has 0 bridgehead atoms. The van der Waals surface area contributed by atoms with E-state index in [9.17, 15) is 0 Å². The molecule has 0 amide bonds. The van der Waals surface area contributed by atoms with Gasteiger partial charge in [-0.1, -0.05) is 26.0 Å². The Labute approximate surface area is 74.1 Å². The first kappa shape index (κ1) is 9.11. The van der Waals surface area contributed by atoms with Crippen LogP contribution < -0.4 is 0 Å². The standard InChI is InChI=1S/C9H10O.C2H6/c1-7-6-8-4-2-3-5-9(8)10-7;1-2/h2,4,6H,3,5H2,1H3;1-2H3. The predicted octanol–water partition coefficient (Wildman–Crippen LogP) is 3.57.